The number of rotatable bonds is 7. The van der Waals surface area contributed by atoms with Crippen LogP contribution in [0.15, 0.2) is 12.2 Å². The fourth-order valence-electron chi connectivity index (χ4n) is 0.740. The maximum atomic E-state index is 11.1. The standard InChI is InChI=1S/C8H16O3.C6H10O3/c1-4-8(2,3)7(10)11-6-5-9;1-5(2)6(8)9-4-3-7/h9H,4-6H2,1-3H3;7H,1,3-4H2,2H3. The van der Waals surface area contributed by atoms with Crippen LogP contribution in [0, 0.1) is 5.41 Å². The zero-order chi connectivity index (χ0) is 16.2. The van der Waals surface area contributed by atoms with E-state index in [0.717, 1.165) is 6.42 Å². The van der Waals surface area contributed by atoms with E-state index in [0.29, 0.717) is 5.57 Å². The highest BCUT2D eigenvalue weighted by atomic mass is 16.5. The molecule has 20 heavy (non-hydrogen) atoms. The van der Waals surface area contributed by atoms with Gasteiger partial charge < -0.3 is 19.7 Å². The molecule has 0 spiro atoms. The van der Waals surface area contributed by atoms with Crippen molar-refractivity contribution >= 4 is 11.9 Å². The predicted molar refractivity (Wildman–Crippen MR) is 75.0 cm³/mol. The predicted octanol–water partition coefficient (Wildman–Crippen LogP) is 1.06. The summed E-state index contributed by atoms with van der Waals surface area (Å²) in [7, 11) is 0. The summed E-state index contributed by atoms with van der Waals surface area (Å²) in [5.41, 5.74) is -0.0710. The largest absolute Gasteiger partial charge is 0.463 e. The zero-order valence-electron chi connectivity index (χ0n) is 12.8. The lowest BCUT2D eigenvalue weighted by molar-refractivity contribution is -0.155. The molecule has 2 N–H and O–H groups in total. The molecule has 0 aromatic rings. The van der Waals surface area contributed by atoms with Gasteiger partial charge in [-0.25, -0.2) is 4.79 Å². The Morgan fingerprint density at radius 2 is 1.55 bits per heavy atom. The molecule has 0 heterocycles. The molecular formula is C14H26O6. The van der Waals surface area contributed by atoms with Crippen LogP contribution < -0.4 is 0 Å². The fraction of sp³-hybridized carbons (Fsp3) is 0.714. The third kappa shape index (κ3) is 10.5. The van der Waals surface area contributed by atoms with Crippen molar-refractivity contribution in [3.8, 4) is 0 Å². The molecule has 0 amide bonds. The van der Waals surface area contributed by atoms with Gasteiger partial charge in [0.2, 0.25) is 0 Å². The van der Waals surface area contributed by atoms with Gasteiger partial charge in [-0.1, -0.05) is 13.5 Å². The van der Waals surface area contributed by atoms with E-state index in [2.05, 4.69) is 11.3 Å². The molecule has 0 aliphatic carbocycles. The minimum absolute atomic E-state index is 0.0473. The molecule has 0 rings (SSSR count). The van der Waals surface area contributed by atoms with E-state index in [1.807, 2.05) is 20.8 Å². The van der Waals surface area contributed by atoms with Crippen molar-refractivity contribution in [1.29, 1.82) is 0 Å². The van der Waals surface area contributed by atoms with Crippen molar-refractivity contribution in [2.45, 2.75) is 34.1 Å². The van der Waals surface area contributed by atoms with Crippen LogP contribution in [0.5, 0.6) is 0 Å². The first kappa shape index (κ1) is 20.9. The molecule has 6 heteroatoms. The summed E-state index contributed by atoms with van der Waals surface area (Å²) < 4.78 is 9.22. The summed E-state index contributed by atoms with van der Waals surface area (Å²) >= 11 is 0. The Labute approximate surface area is 120 Å². The lowest BCUT2D eigenvalue weighted by Gasteiger charge is -2.19. The molecule has 0 saturated heterocycles. The van der Waals surface area contributed by atoms with E-state index in [1.165, 1.54) is 0 Å². The summed E-state index contributed by atoms with van der Waals surface area (Å²) in [6.07, 6.45) is 0.747. The average molecular weight is 290 g/mol. The lowest BCUT2D eigenvalue weighted by Crippen LogP contribution is -2.26. The van der Waals surface area contributed by atoms with Crippen LogP contribution in [0.3, 0.4) is 0 Å². The number of esters is 2. The number of hydrogen-bond acceptors (Lipinski definition) is 6. The number of aliphatic hydroxyl groups is 2. The Hall–Kier alpha value is -1.40. The minimum atomic E-state index is -0.455. The molecule has 0 bridgehead atoms. The first-order valence-corrected chi connectivity index (χ1v) is 6.44. The van der Waals surface area contributed by atoms with Crippen LogP contribution in [0.4, 0.5) is 0 Å². The number of carbonyl (C=O) groups is 2. The Balaban J connectivity index is 0. The van der Waals surface area contributed by atoms with Crippen LogP contribution >= 0.6 is 0 Å². The van der Waals surface area contributed by atoms with Gasteiger partial charge >= 0.3 is 11.9 Å². The first-order chi connectivity index (χ1) is 9.22. The van der Waals surface area contributed by atoms with Gasteiger partial charge in [-0.2, -0.15) is 0 Å². The van der Waals surface area contributed by atoms with E-state index < -0.39 is 11.4 Å². The van der Waals surface area contributed by atoms with Gasteiger partial charge in [-0.3, -0.25) is 4.79 Å². The summed E-state index contributed by atoms with van der Waals surface area (Å²) in [5.74, 6) is -0.696. The Morgan fingerprint density at radius 3 is 1.90 bits per heavy atom. The van der Waals surface area contributed by atoms with Gasteiger partial charge in [-0.15, -0.1) is 0 Å². The van der Waals surface area contributed by atoms with Crippen molar-refractivity contribution in [2.75, 3.05) is 26.4 Å². The fourth-order valence-corrected chi connectivity index (χ4v) is 0.740. The van der Waals surface area contributed by atoms with Gasteiger partial charge in [-0.05, 0) is 27.2 Å². The second kappa shape index (κ2) is 11.4. The molecular weight excluding hydrogens is 264 g/mol. The summed E-state index contributed by atoms with van der Waals surface area (Å²) in [5, 5.41) is 16.6. The third-order valence-corrected chi connectivity index (χ3v) is 2.43. The van der Waals surface area contributed by atoms with Crippen molar-refractivity contribution in [1.82, 2.24) is 0 Å². The van der Waals surface area contributed by atoms with Gasteiger partial charge in [0.15, 0.2) is 0 Å². The number of hydrogen-bond donors (Lipinski definition) is 2. The van der Waals surface area contributed by atoms with Crippen LogP contribution in [0.2, 0.25) is 0 Å². The number of carbonyl (C=O) groups excluding carboxylic acids is 2. The lowest BCUT2D eigenvalue weighted by atomic mass is 9.91. The van der Waals surface area contributed by atoms with Crippen LogP contribution in [-0.4, -0.2) is 48.6 Å². The van der Waals surface area contributed by atoms with Gasteiger partial charge in [0.05, 0.1) is 18.6 Å². The maximum absolute atomic E-state index is 11.1. The van der Waals surface area contributed by atoms with Crippen molar-refractivity contribution in [3.63, 3.8) is 0 Å². The van der Waals surface area contributed by atoms with Gasteiger partial charge in [0.25, 0.3) is 0 Å². The topological polar surface area (TPSA) is 93.1 Å². The highest BCUT2D eigenvalue weighted by Crippen LogP contribution is 2.20. The quantitative estimate of drug-likeness (QED) is 0.538. The highest BCUT2D eigenvalue weighted by molar-refractivity contribution is 5.86. The van der Waals surface area contributed by atoms with E-state index >= 15 is 0 Å². The monoisotopic (exact) mass is 290 g/mol. The molecule has 0 aromatic carbocycles. The van der Waals surface area contributed by atoms with Gasteiger partial charge in [0, 0.05) is 5.57 Å². The third-order valence-electron chi connectivity index (χ3n) is 2.43. The molecule has 0 aromatic heterocycles. The summed E-state index contributed by atoms with van der Waals surface area (Å²) in [6.45, 7) is 10.4. The molecule has 0 aliphatic heterocycles. The SMILES string of the molecule is C=C(C)C(=O)OCCO.CCC(C)(C)C(=O)OCCO. The number of ether oxygens (including phenoxy) is 2. The van der Waals surface area contributed by atoms with Crippen LogP contribution in [0.1, 0.15) is 34.1 Å². The van der Waals surface area contributed by atoms with E-state index in [-0.39, 0.29) is 32.4 Å². The zero-order valence-corrected chi connectivity index (χ0v) is 12.8. The second-order valence-electron chi connectivity index (χ2n) is 4.74. The average Bonchev–Trinajstić information content (AvgIpc) is 2.42. The van der Waals surface area contributed by atoms with Crippen LogP contribution in [-0.2, 0) is 19.1 Å². The smallest absolute Gasteiger partial charge is 0.333 e. The van der Waals surface area contributed by atoms with Crippen molar-refractivity contribution in [2.24, 2.45) is 5.41 Å². The Bertz CT molecular complexity index is 309. The molecule has 0 saturated carbocycles. The minimum Gasteiger partial charge on any atom is -0.463 e. The van der Waals surface area contributed by atoms with E-state index in [4.69, 9.17) is 14.9 Å². The molecule has 0 aliphatic rings. The van der Waals surface area contributed by atoms with Gasteiger partial charge in [0.1, 0.15) is 13.2 Å². The summed E-state index contributed by atoms with van der Waals surface area (Å²) in [4.78, 5) is 21.6. The van der Waals surface area contributed by atoms with Crippen molar-refractivity contribution in [3.05, 3.63) is 12.2 Å². The van der Waals surface area contributed by atoms with Crippen LogP contribution in [0.25, 0.3) is 0 Å². The Morgan fingerprint density at radius 1 is 1.10 bits per heavy atom. The normalized spacial score (nSPS) is 10.1. The maximum Gasteiger partial charge on any atom is 0.333 e. The molecule has 0 radical (unpaired) electrons. The molecule has 0 atom stereocenters. The highest BCUT2D eigenvalue weighted by Gasteiger charge is 2.26. The molecule has 0 unspecified atom stereocenters. The first-order valence-electron chi connectivity index (χ1n) is 6.44. The molecule has 0 fully saturated rings. The second-order valence-corrected chi connectivity index (χ2v) is 4.74. The molecule has 118 valence electrons. The number of aliphatic hydroxyl groups excluding tert-OH is 2. The molecule has 6 nitrogen and oxygen atoms in total. The Kier molecular flexibility index (Phi) is 11.9. The van der Waals surface area contributed by atoms with E-state index in [9.17, 15) is 9.59 Å². The van der Waals surface area contributed by atoms with Crippen molar-refractivity contribution < 1.29 is 29.3 Å². The summed E-state index contributed by atoms with van der Waals surface area (Å²) in [6, 6.07) is 0. The van der Waals surface area contributed by atoms with E-state index in [1.54, 1.807) is 6.92 Å².